The van der Waals surface area contributed by atoms with Gasteiger partial charge in [-0.2, -0.15) is 0 Å². The minimum Gasteiger partial charge on any atom is -0.398 e. The van der Waals surface area contributed by atoms with Crippen molar-refractivity contribution in [1.82, 2.24) is 4.57 Å². The molecule has 0 spiro atoms. The van der Waals surface area contributed by atoms with E-state index in [1.165, 1.54) is 11.1 Å². The van der Waals surface area contributed by atoms with Crippen molar-refractivity contribution >= 4 is 16.6 Å². The molecule has 5 aromatic carbocycles. The van der Waals surface area contributed by atoms with Crippen LogP contribution >= 0.6 is 0 Å². The molecule has 1 aromatic heterocycles. The number of rotatable bonds is 5. The van der Waals surface area contributed by atoms with Gasteiger partial charge in [-0.15, -0.1) is 0 Å². The van der Waals surface area contributed by atoms with Gasteiger partial charge in [-0.1, -0.05) is 121 Å². The van der Waals surface area contributed by atoms with E-state index in [0.29, 0.717) is 0 Å². The largest absolute Gasteiger partial charge is 0.398 e. The van der Waals surface area contributed by atoms with Gasteiger partial charge in [-0.05, 0) is 33.9 Å². The summed E-state index contributed by atoms with van der Waals surface area (Å²) < 4.78 is 2.34. The number of hydrogen-bond acceptors (Lipinski definition) is 1. The van der Waals surface area contributed by atoms with Gasteiger partial charge in [0, 0.05) is 29.3 Å². The summed E-state index contributed by atoms with van der Waals surface area (Å²) in [6.45, 7) is 0.780. The first-order chi connectivity index (χ1) is 17.3. The average Bonchev–Trinajstić information content (AvgIpc) is 3.29. The maximum Gasteiger partial charge on any atom is 0.0517 e. The number of anilines is 1. The minimum absolute atomic E-state index is 0.780. The van der Waals surface area contributed by atoms with Gasteiger partial charge >= 0.3 is 0 Å². The summed E-state index contributed by atoms with van der Waals surface area (Å²) in [4.78, 5) is 0. The van der Waals surface area contributed by atoms with Crippen LogP contribution in [0.25, 0.3) is 44.3 Å². The molecular weight excluding hydrogens is 424 g/mol. The van der Waals surface area contributed by atoms with Gasteiger partial charge in [0.15, 0.2) is 0 Å². The summed E-state index contributed by atoms with van der Waals surface area (Å²) in [5.74, 6) is 0. The van der Waals surface area contributed by atoms with Crippen LogP contribution in [0.15, 0.2) is 134 Å². The molecule has 0 fully saturated rings. The van der Waals surface area contributed by atoms with Crippen LogP contribution in [0.3, 0.4) is 0 Å². The quantitative estimate of drug-likeness (QED) is 0.263. The topological polar surface area (TPSA) is 30.9 Å². The second-order valence-electron chi connectivity index (χ2n) is 8.86. The zero-order chi connectivity index (χ0) is 23.6. The van der Waals surface area contributed by atoms with Crippen LogP contribution in [-0.2, 0) is 6.54 Å². The molecule has 35 heavy (non-hydrogen) atoms. The summed E-state index contributed by atoms with van der Waals surface area (Å²) in [5.41, 5.74) is 17.2. The molecule has 168 valence electrons. The number of nitrogens with two attached hydrogens (primary N) is 1. The lowest BCUT2D eigenvalue weighted by atomic mass is 9.90. The number of hydrogen-bond donors (Lipinski definition) is 1. The summed E-state index contributed by atoms with van der Waals surface area (Å²) >= 11 is 0. The van der Waals surface area contributed by atoms with E-state index in [2.05, 4.69) is 132 Å². The third kappa shape index (κ3) is 3.89. The fourth-order valence-corrected chi connectivity index (χ4v) is 5.00. The average molecular weight is 451 g/mol. The van der Waals surface area contributed by atoms with Crippen LogP contribution in [0.1, 0.15) is 5.56 Å². The van der Waals surface area contributed by atoms with Gasteiger partial charge in [-0.3, -0.25) is 0 Å². The van der Waals surface area contributed by atoms with Crippen molar-refractivity contribution < 1.29 is 0 Å². The molecule has 0 bridgehead atoms. The van der Waals surface area contributed by atoms with E-state index in [-0.39, 0.29) is 0 Å². The first kappa shape index (κ1) is 21.0. The van der Waals surface area contributed by atoms with Crippen LogP contribution in [0.5, 0.6) is 0 Å². The molecule has 1 heterocycles. The van der Waals surface area contributed by atoms with Crippen LogP contribution in [0.2, 0.25) is 0 Å². The third-order valence-corrected chi connectivity index (χ3v) is 6.64. The molecule has 0 aliphatic heterocycles. The lowest BCUT2D eigenvalue weighted by molar-refractivity contribution is 0.838. The van der Waals surface area contributed by atoms with Gasteiger partial charge in [0.25, 0.3) is 0 Å². The van der Waals surface area contributed by atoms with E-state index < -0.39 is 0 Å². The molecule has 6 rings (SSSR count). The molecule has 2 nitrogen and oxygen atoms in total. The molecule has 0 amide bonds. The fourth-order valence-electron chi connectivity index (χ4n) is 5.00. The summed E-state index contributed by atoms with van der Waals surface area (Å²) in [6.07, 6.45) is 2.26. The highest BCUT2D eigenvalue weighted by Gasteiger charge is 2.20. The van der Waals surface area contributed by atoms with Gasteiger partial charge in [0.2, 0.25) is 0 Å². The molecule has 0 radical (unpaired) electrons. The molecule has 6 aromatic rings. The van der Waals surface area contributed by atoms with Gasteiger partial charge in [-0.25, -0.2) is 0 Å². The first-order valence-corrected chi connectivity index (χ1v) is 11.9. The van der Waals surface area contributed by atoms with Crippen LogP contribution in [0, 0.1) is 0 Å². The van der Waals surface area contributed by atoms with E-state index in [4.69, 9.17) is 5.73 Å². The Morgan fingerprint density at radius 2 is 1.03 bits per heavy atom. The standard InChI is InChI=1S/C33H26N2/c34-33-31(27-19-11-4-12-20-27)28(25-15-7-2-8-16-25)21-30-32(33)29(26-17-9-3-10-18-26)23-35(30)22-24-13-5-1-6-14-24/h1-21,23H,22,34H2. The zero-order valence-corrected chi connectivity index (χ0v) is 19.4. The Balaban J connectivity index is 1.69. The van der Waals surface area contributed by atoms with E-state index in [1.807, 2.05) is 6.07 Å². The number of aromatic nitrogens is 1. The lowest BCUT2D eigenvalue weighted by Gasteiger charge is -2.17. The van der Waals surface area contributed by atoms with E-state index in [0.717, 1.165) is 51.0 Å². The van der Waals surface area contributed by atoms with Gasteiger partial charge < -0.3 is 10.3 Å². The number of fused-ring (bicyclic) bond motifs is 1. The van der Waals surface area contributed by atoms with Crippen molar-refractivity contribution in [1.29, 1.82) is 0 Å². The monoisotopic (exact) mass is 450 g/mol. The van der Waals surface area contributed by atoms with Crippen molar-refractivity contribution in [3.8, 4) is 33.4 Å². The summed E-state index contributed by atoms with van der Waals surface area (Å²) in [7, 11) is 0. The Morgan fingerprint density at radius 1 is 0.543 bits per heavy atom. The normalized spacial score (nSPS) is 11.1. The molecule has 2 N–H and O–H groups in total. The molecule has 2 heteroatoms. The number of nitrogen functional groups attached to an aromatic ring is 1. The Morgan fingerprint density at radius 3 is 1.60 bits per heavy atom. The minimum atomic E-state index is 0.780. The predicted molar refractivity (Wildman–Crippen MR) is 148 cm³/mol. The van der Waals surface area contributed by atoms with Gasteiger partial charge in [0.05, 0.1) is 11.2 Å². The van der Waals surface area contributed by atoms with Crippen molar-refractivity contribution in [2.24, 2.45) is 0 Å². The Labute approximate surface area is 205 Å². The van der Waals surface area contributed by atoms with Crippen LogP contribution in [0.4, 0.5) is 5.69 Å². The highest BCUT2D eigenvalue weighted by Crippen LogP contribution is 2.45. The van der Waals surface area contributed by atoms with Crippen LogP contribution in [-0.4, -0.2) is 4.57 Å². The summed E-state index contributed by atoms with van der Waals surface area (Å²) in [5, 5.41) is 1.10. The van der Waals surface area contributed by atoms with Crippen molar-refractivity contribution in [2.45, 2.75) is 6.54 Å². The molecule has 0 aliphatic carbocycles. The predicted octanol–water partition coefficient (Wildman–Crippen LogP) is 8.27. The first-order valence-electron chi connectivity index (χ1n) is 11.9. The highest BCUT2D eigenvalue weighted by molar-refractivity contribution is 6.12. The van der Waals surface area contributed by atoms with Crippen molar-refractivity contribution in [2.75, 3.05) is 5.73 Å². The number of benzene rings is 5. The molecule has 0 saturated carbocycles. The maximum absolute atomic E-state index is 7.12. The Bertz CT molecular complexity index is 1580. The van der Waals surface area contributed by atoms with Crippen LogP contribution < -0.4 is 5.73 Å². The SMILES string of the molecule is Nc1c(-c2ccccc2)c(-c2ccccc2)cc2c1c(-c1ccccc1)cn2Cc1ccccc1. The molecule has 0 unspecified atom stereocenters. The zero-order valence-electron chi connectivity index (χ0n) is 19.4. The third-order valence-electron chi connectivity index (χ3n) is 6.64. The second kappa shape index (κ2) is 9.00. The van der Waals surface area contributed by atoms with Crippen molar-refractivity contribution in [3.63, 3.8) is 0 Å². The number of nitrogens with zero attached hydrogens (tertiary/aromatic N) is 1. The fraction of sp³-hybridized carbons (Fsp3) is 0.0303. The molecule has 0 atom stereocenters. The lowest BCUT2D eigenvalue weighted by Crippen LogP contribution is -2.00. The highest BCUT2D eigenvalue weighted by atomic mass is 15.0. The van der Waals surface area contributed by atoms with Crippen molar-refractivity contribution in [3.05, 3.63) is 139 Å². The van der Waals surface area contributed by atoms with E-state index >= 15 is 0 Å². The summed E-state index contributed by atoms with van der Waals surface area (Å²) in [6, 6.07) is 44.5. The second-order valence-corrected chi connectivity index (χ2v) is 8.86. The maximum atomic E-state index is 7.12. The van der Waals surface area contributed by atoms with E-state index in [9.17, 15) is 0 Å². The molecule has 0 saturated heterocycles. The molecule has 0 aliphatic rings. The Kier molecular flexibility index (Phi) is 5.40. The smallest absolute Gasteiger partial charge is 0.0517 e. The van der Waals surface area contributed by atoms with E-state index in [1.54, 1.807) is 0 Å². The van der Waals surface area contributed by atoms with Gasteiger partial charge in [0.1, 0.15) is 0 Å². The molecular formula is C33H26N2. The Hall–Kier alpha value is -4.56.